The Morgan fingerprint density at radius 3 is 2.18 bits per heavy atom. The maximum Gasteiger partial charge on any atom is 0.332 e. The van der Waals surface area contributed by atoms with Gasteiger partial charge in [0.25, 0.3) is 0 Å². The van der Waals surface area contributed by atoms with Crippen molar-refractivity contribution in [3.8, 4) is 0 Å². The third-order valence-electron chi connectivity index (χ3n) is 4.73. The molecular weight excluding hydrogens is 449 g/mol. The number of carbonyl (C=O) groups is 1. The number of aliphatic hydroxyl groups excluding tert-OH is 1. The number of benzene rings is 2. The number of aliphatic carboxylic acids is 1. The van der Waals surface area contributed by atoms with Crippen molar-refractivity contribution < 1.29 is 32.6 Å². The normalized spacial score (nSPS) is 13.0. The number of hydrogen-bond acceptors (Lipinski definition) is 5. The van der Waals surface area contributed by atoms with Gasteiger partial charge in [0.2, 0.25) is 10.0 Å². The first-order valence-electron chi connectivity index (χ1n) is 10.4. The molecule has 0 fully saturated rings. The summed E-state index contributed by atoms with van der Waals surface area (Å²) in [7, 11) is -2.27. The van der Waals surface area contributed by atoms with E-state index >= 15 is 0 Å². The number of rotatable bonds is 10. The summed E-state index contributed by atoms with van der Waals surface area (Å²) >= 11 is 0. The fraction of sp³-hybridized carbons (Fsp3) is 0.375. The fourth-order valence-corrected chi connectivity index (χ4v) is 4.76. The quantitative estimate of drug-likeness (QED) is 0.451. The summed E-state index contributed by atoms with van der Waals surface area (Å²) in [5.74, 6) is -1.77. The lowest BCUT2D eigenvalue weighted by Gasteiger charge is -2.20. The molecule has 0 bridgehead atoms. The lowest BCUT2D eigenvalue weighted by atomic mass is 9.90. The zero-order valence-corrected chi connectivity index (χ0v) is 20.0. The van der Waals surface area contributed by atoms with E-state index in [4.69, 9.17) is 4.74 Å². The molecule has 2 aromatic carbocycles. The standard InChI is InChI=1S/C24H30FNO6S/c1-24(2,3)26-33(30,31)19-9-7-17(8-10-19)22(20(11-13-27)23(28)29)18-6-5-16(12-14-32-4)21(25)15-18/h5-10,15,26-27H,11-14H2,1-4H3,(H,28,29)/b22-20-. The molecule has 0 saturated carbocycles. The number of sulfonamides is 1. The van der Waals surface area contributed by atoms with E-state index in [-0.39, 0.29) is 22.5 Å². The Kier molecular flexibility index (Phi) is 8.90. The Morgan fingerprint density at radius 1 is 1.09 bits per heavy atom. The van der Waals surface area contributed by atoms with Crippen molar-refractivity contribution in [2.45, 2.75) is 44.0 Å². The van der Waals surface area contributed by atoms with E-state index in [9.17, 15) is 27.8 Å². The van der Waals surface area contributed by atoms with Crippen molar-refractivity contribution >= 4 is 21.6 Å². The first-order valence-corrected chi connectivity index (χ1v) is 11.9. The number of hydrogen-bond donors (Lipinski definition) is 3. The number of carboxylic acids is 1. The highest BCUT2D eigenvalue weighted by Crippen LogP contribution is 2.31. The second-order valence-electron chi connectivity index (χ2n) is 8.56. The highest BCUT2D eigenvalue weighted by molar-refractivity contribution is 7.89. The van der Waals surface area contributed by atoms with E-state index in [1.807, 2.05) is 0 Å². The summed E-state index contributed by atoms with van der Waals surface area (Å²) < 4.78 is 47.5. The van der Waals surface area contributed by atoms with Gasteiger partial charge >= 0.3 is 5.97 Å². The Hall–Kier alpha value is -2.59. The van der Waals surface area contributed by atoms with Gasteiger partial charge in [-0.2, -0.15) is 0 Å². The van der Waals surface area contributed by atoms with Gasteiger partial charge in [-0.25, -0.2) is 22.3 Å². The minimum atomic E-state index is -3.79. The van der Waals surface area contributed by atoms with Crippen molar-refractivity contribution in [1.82, 2.24) is 4.72 Å². The topological polar surface area (TPSA) is 113 Å². The number of aliphatic hydroxyl groups is 1. The second-order valence-corrected chi connectivity index (χ2v) is 10.2. The van der Waals surface area contributed by atoms with Gasteiger partial charge in [0.1, 0.15) is 5.82 Å². The van der Waals surface area contributed by atoms with E-state index in [1.54, 1.807) is 32.9 Å². The lowest BCUT2D eigenvalue weighted by Crippen LogP contribution is -2.40. The van der Waals surface area contributed by atoms with Crippen molar-refractivity contribution in [2.75, 3.05) is 20.3 Å². The minimum Gasteiger partial charge on any atom is -0.478 e. The van der Waals surface area contributed by atoms with E-state index in [0.717, 1.165) is 0 Å². The Balaban J connectivity index is 2.60. The van der Waals surface area contributed by atoms with Crippen LogP contribution in [0.25, 0.3) is 5.57 Å². The zero-order chi connectivity index (χ0) is 24.8. The molecule has 0 spiro atoms. The number of nitrogens with one attached hydrogen (secondary N) is 1. The van der Waals surface area contributed by atoms with Crippen molar-refractivity contribution in [1.29, 1.82) is 0 Å². The number of halogens is 1. The van der Waals surface area contributed by atoms with Gasteiger partial charge in [0.05, 0.1) is 11.5 Å². The average molecular weight is 480 g/mol. The molecule has 2 aromatic rings. The monoisotopic (exact) mass is 479 g/mol. The van der Waals surface area contributed by atoms with Crippen LogP contribution in [-0.4, -0.2) is 50.5 Å². The predicted molar refractivity (Wildman–Crippen MR) is 124 cm³/mol. The molecule has 0 unspecified atom stereocenters. The average Bonchev–Trinajstić information content (AvgIpc) is 2.71. The molecule has 0 aliphatic heterocycles. The van der Waals surface area contributed by atoms with Crippen LogP contribution in [0.2, 0.25) is 0 Å². The summed E-state index contributed by atoms with van der Waals surface area (Å²) in [5, 5.41) is 19.2. The third kappa shape index (κ3) is 7.20. The molecule has 0 amide bonds. The molecule has 9 heteroatoms. The van der Waals surface area contributed by atoms with Gasteiger partial charge in [0.15, 0.2) is 0 Å². The van der Waals surface area contributed by atoms with Crippen LogP contribution in [0.15, 0.2) is 52.9 Å². The van der Waals surface area contributed by atoms with Crippen molar-refractivity contribution in [2.24, 2.45) is 0 Å². The molecule has 0 heterocycles. The molecule has 33 heavy (non-hydrogen) atoms. The van der Waals surface area contributed by atoms with Crippen LogP contribution < -0.4 is 4.72 Å². The van der Waals surface area contributed by atoms with Gasteiger partial charge in [-0.1, -0.05) is 24.3 Å². The fourth-order valence-electron chi connectivity index (χ4n) is 3.35. The number of carboxylic acid groups (broad SMARTS) is 1. The van der Waals surface area contributed by atoms with Gasteiger partial charge in [-0.05, 0) is 67.7 Å². The Morgan fingerprint density at radius 2 is 1.70 bits per heavy atom. The summed E-state index contributed by atoms with van der Waals surface area (Å²) in [4.78, 5) is 12.0. The summed E-state index contributed by atoms with van der Waals surface area (Å²) in [5.41, 5.74) is 0.546. The van der Waals surface area contributed by atoms with Crippen LogP contribution >= 0.6 is 0 Å². The maximum atomic E-state index is 14.7. The number of methoxy groups -OCH3 is 1. The molecule has 0 saturated heterocycles. The van der Waals surface area contributed by atoms with Crippen LogP contribution in [0.3, 0.4) is 0 Å². The van der Waals surface area contributed by atoms with E-state index < -0.39 is 34.0 Å². The van der Waals surface area contributed by atoms with Gasteiger partial charge in [-0.15, -0.1) is 0 Å². The highest BCUT2D eigenvalue weighted by atomic mass is 32.2. The predicted octanol–water partition coefficient (Wildman–Crippen LogP) is 3.36. The molecule has 7 nitrogen and oxygen atoms in total. The van der Waals surface area contributed by atoms with E-state index in [1.165, 1.54) is 37.4 Å². The molecular formula is C24H30FNO6S. The van der Waals surface area contributed by atoms with Crippen LogP contribution in [-0.2, 0) is 26.0 Å². The summed E-state index contributed by atoms with van der Waals surface area (Å²) in [6.45, 7) is 5.08. The molecule has 0 aromatic heterocycles. The maximum absolute atomic E-state index is 14.7. The largest absolute Gasteiger partial charge is 0.478 e. The van der Waals surface area contributed by atoms with Crippen LogP contribution in [0, 0.1) is 5.82 Å². The van der Waals surface area contributed by atoms with Crippen molar-refractivity contribution in [3.05, 3.63) is 70.5 Å². The van der Waals surface area contributed by atoms with Crippen LogP contribution in [0.1, 0.15) is 43.9 Å². The molecule has 0 aliphatic carbocycles. The van der Waals surface area contributed by atoms with Gasteiger partial charge in [0, 0.05) is 31.2 Å². The Labute approximate surface area is 194 Å². The molecule has 0 aliphatic rings. The highest BCUT2D eigenvalue weighted by Gasteiger charge is 2.23. The molecule has 0 radical (unpaired) electrons. The van der Waals surface area contributed by atoms with Crippen LogP contribution in [0.4, 0.5) is 4.39 Å². The zero-order valence-electron chi connectivity index (χ0n) is 19.2. The third-order valence-corrected chi connectivity index (χ3v) is 6.51. The molecule has 3 N–H and O–H groups in total. The SMILES string of the molecule is COCCc1ccc(/C(=C(/CCO)C(=O)O)c2ccc(S(=O)(=O)NC(C)(C)C)cc2)cc1F. The second kappa shape index (κ2) is 11.0. The molecule has 0 atom stereocenters. The lowest BCUT2D eigenvalue weighted by molar-refractivity contribution is -0.132. The van der Waals surface area contributed by atoms with E-state index in [2.05, 4.69) is 4.72 Å². The van der Waals surface area contributed by atoms with Gasteiger partial charge in [-0.3, -0.25) is 0 Å². The van der Waals surface area contributed by atoms with Crippen molar-refractivity contribution in [3.63, 3.8) is 0 Å². The summed E-state index contributed by atoms with van der Waals surface area (Å²) in [6, 6.07) is 10.1. The molecule has 180 valence electrons. The minimum absolute atomic E-state index is 0.0145. The number of ether oxygens (including phenoxy) is 1. The smallest absolute Gasteiger partial charge is 0.332 e. The Bertz CT molecular complexity index is 1120. The first kappa shape index (κ1) is 26.7. The first-order chi connectivity index (χ1) is 15.4. The summed E-state index contributed by atoms with van der Waals surface area (Å²) in [6.07, 6.45) is 0.195. The van der Waals surface area contributed by atoms with E-state index in [0.29, 0.717) is 29.7 Å². The van der Waals surface area contributed by atoms with Crippen LogP contribution in [0.5, 0.6) is 0 Å². The van der Waals surface area contributed by atoms with Gasteiger partial charge < -0.3 is 14.9 Å². The molecule has 2 rings (SSSR count).